The predicted octanol–water partition coefficient (Wildman–Crippen LogP) is 2.65. The molecule has 1 N–H and O–H groups in total. The molecule has 1 aliphatic rings. The van der Waals surface area contributed by atoms with Crippen LogP contribution in [-0.2, 0) is 9.59 Å². The lowest BCUT2D eigenvalue weighted by atomic mass is 9.86. The number of likely N-dealkylation sites (tertiary alicyclic amines) is 1. The third kappa shape index (κ3) is 3.52. The Bertz CT molecular complexity index is 817. The minimum Gasteiger partial charge on any atom is -0.344 e. The number of carbonyl (C=O) groups is 2. The summed E-state index contributed by atoms with van der Waals surface area (Å²) in [4.78, 5) is 30.4. The Morgan fingerprint density at radius 1 is 1.24 bits per heavy atom. The van der Waals surface area contributed by atoms with Gasteiger partial charge in [-0.1, -0.05) is 35.4 Å². The van der Waals surface area contributed by atoms with Crippen molar-refractivity contribution in [3.8, 4) is 0 Å². The van der Waals surface area contributed by atoms with Crippen molar-refractivity contribution in [2.24, 2.45) is 5.92 Å². The molecule has 1 aliphatic heterocycles. The molecule has 0 aliphatic carbocycles. The van der Waals surface area contributed by atoms with E-state index in [1.807, 2.05) is 26.0 Å². The fourth-order valence-electron chi connectivity index (χ4n) is 3.40. The van der Waals surface area contributed by atoms with Crippen LogP contribution in [0.25, 0.3) is 0 Å². The third-order valence-corrected chi connectivity index (χ3v) is 4.44. The number of likely N-dealkylation sites (N-methyl/N-ethyl adjacent to an activating group) is 1. The maximum Gasteiger partial charge on any atom is 0.238 e. The maximum atomic E-state index is 13.2. The molecule has 1 saturated heterocycles. The summed E-state index contributed by atoms with van der Waals surface area (Å²) in [5.41, 5.74) is 3.13. The van der Waals surface area contributed by atoms with E-state index >= 15 is 0 Å². The highest BCUT2D eigenvalue weighted by Crippen LogP contribution is 2.34. The fourth-order valence-corrected chi connectivity index (χ4v) is 3.40. The van der Waals surface area contributed by atoms with E-state index in [1.54, 1.807) is 11.9 Å². The molecule has 0 radical (unpaired) electrons. The van der Waals surface area contributed by atoms with Crippen molar-refractivity contribution < 1.29 is 14.0 Å². The van der Waals surface area contributed by atoms with Crippen molar-refractivity contribution in [3.05, 3.63) is 59.0 Å². The van der Waals surface area contributed by atoms with Crippen molar-refractivity contribution in [2.45, 2.75) is 19.8 Å². The van der Waals surface area contributed by atoms with E-state index in [1.165, 1.54) is 18.2 Å². The Hall–Kier alpha value is -2.76. The number of aryl methyl sites for hydroxylation is 2. The summed E-state index contributed by atoms with van der Waals surface area (Å²) in [6.45, 7) is 4.45. The van der Waals surface area contributed by atoms with Crippen molar-refractivity contribution >= 4 is 17.6 Å². The van der Waals surface area contributed by atoms with Gasteiger partial charge in [-0.25, -0.2) is 4.98 Å². The molecule has 1 aromatic heterocycles. The van der Waals surface area contributed by atoms with Crippen LogP contribution in [0.5, 0.6) is 0 Å². The van der Waals surface area contributed by atoms with E-state index in [0.717, 1.165) is 16.7 Å². The van der Waals surface area contributed by atoms with Gasteiger partial charge < -0.3 is 10.2 Å². The number of hydrogen-bond donors (Lipinski definition) is 1. The summed E-state index contributed by atoms with van der Waals surface area (Å²) >= 11 is 0. The Labute approximate surface area is 145 Å². The average Bonchev–Trinajstić information content (AvgIpc) is 2.82. The van der Waals surface area contributed by atoms with Crippen LogP contribution in [-0.4, -0.2) is 35.3 Å². The first-order chi connectivity index (χ1) is 11.8. The first kappa shape index (κ1) is 17.1. The Kier molecular flexibility index (Phi) is 4.53. The highest BCUT2D eigenvalue weighted by Gasteiger charge is 2.44. The fraction of sp³-hybridized carbons (Fsp3) is 0.316. The number of aromatic nitrogens is 1. The number of nitrogens with zero attached hydrogens (tertiary/aromatic N) is 2. The van der Waals surface area contributed by atoms with Gasteiger partial charge >= 0.3 is 0 Å². The summed E-state index contributed by atoms with van der Waals surface area (Å²) in [6, 6.07) is 10.2. The average molecular weight is 341 g/mol. The quantitative estimate of drug-likeness (QED) is 0.690. The second-order valence-electron chi connectivity index (χ2n) is 6.56. The summed E-state index contributed by atoms with van der Waals surface area (Å²) in [5, 5.41) is 2.57. The first-order valence-corrected chi connectivity index (χ1v) is 8.12. The zero-order valence-electron chi connectivity index (χ0n) is 14.4. The Morgan fingerprint density at radius 3 is 2.56 bits per heavy atom. The molecule has 2 heterocycles. The SMILES string of the molecule is Cc1cc(C)cc([C@H]2CN(C)C(=O)[C@@H]2C(=O)Nc2cccc(F)n2)c1. The second-order valence-corrected chi connectivity index (χ2v) is 6.56. The molecule has 5 nitrogen and oxygen atoms in total. The van der Waals surface area contributed by atoms with Gasteiger partial charge in [0.2, 0.25) is 17.8 Å². The van der Waals surface area contributed by atoms with Crippen LogP contribution >= 0.6 is 0 Å². The molecule has 0 saturated carbocycles. The molecule has 2 aromatic rings. The standard InChI is InChI=1S/C19H20FN3O2/c1-11-7-12(2)9-13(8-11)14-10-23(3)19(25)17(14)18(24)22-16-6-4-5-15(20)21-16/h4-9,14,17H,10H2,1-3H3,(H,21,22,24)/t14-,17+/m1/s1. The minimum absolute atomic E-state index is 0.103. The van der Waals surface area contributed by atoms with Crippen LogP contribution in [0.1, 0.15) is 22.6 Å². The van der Waals surface area contributed by atoms with Gasteiger partial charge in [0.05, 0.1) is 0 Å². The van der Waals surface area contributed by atoms with Crippen molar-refractivity contribution in [3.63, 3.8) is 0 Å². The van der Waals surface area contributed by atoms with Gasteiger partial charge in [-0.05, 0) is 31.5 Å². The van der Waals surface area contributed by atoms with Crippen LogP contribution in [0.15, 0.2) is 36.4 Å². The minimum atomic E-state index is -0.851. The number of halogens is 1. The molecule has 0 unspecified atom stereocenters. The lowest BCUT2D eigenvalue weighted by molar-refractivity contribution is -0.135. The van der Waals surface area contributed by atoms with Gasteiger partial charge in [0, 0.05) is 19.5 Å². The van der Waals surface area contributed by atoms with Gasteiger partial charge in [-0.2, -0.15) is 4.39 Å². The topological polar surface area (TPSA) is 62.3 Å². The van der Waals surface area contributed by atoms with Gasteiger partial charge in [0.25, 0.3) is 0 Å². The van der Waals surface area contributed by atoms with E-state index in [4.69, 9.17) is 0 Å². The monoisotopic (exact) mass is 341 g/mol. The number of pyridine rings is 1. The summed E-state index contributed by atoms with van der Waals surface area (Å²) in [7, 11) is 1.69. The summed E-state index contributed by atoms with van der Waals surface area (Å²) in [6.07, 6.45) is 0. The highest BCUT2D eigenvalue weighted by molar-refractivity contribution is 6.08. The van der Waals surface area contributed by atoms with Crippen LogP contribution < -0.4 is 5.32 Å². The van der Waals surface area contributed by atoms with Gasteiger partial charge in [0.15, 0.2) is 0 Å². The lowest BCUT2D eigenvalue weighted by Crippen LogP contribution is -2.33. The molecule has 0 spiro atoms. The second kappa shape index (κ2) is 6.63. The van der Waals surface area contributed by atoms with E-state index in [-0.39, 0.29) is 17.6 Å². The smallest absolute Gasteiger partial charge is 0.238 e. The molecular weight excluding hydrogens is 321 g/mol. The molecule has 25 heavy (non-hydrogen) atoms. The number of amides is 2. The molecular formula is C19H20FN3O2. The zero-order valence-corrected chi connectivity index (χ0v) is 14.4. The zero-order chi connectivity index (χ0) is 18.1. The van der Waals surface area contributed by atoms with E-state index in [2.05, 4.69) is 16.4 Å². The van der Waals surface area contributed by atoms with Crippen LogP contribution in [0.2, 0.25) is 0 Å². The molecule has 0 bridgehead atoms. The van der Waals surface area contributed by atoms with Crippen molar-refractivity contribution in [1.29, 1.82) is 0 Å². The van der Waals surface area contributed by atoms with Crippen molar-refractivity contribution in [2.75, 3.05) is 18.9 Å². The largest absolute Gasteiger partial charge is 0.344 e. The number of rotatable bonds is 3. The van der Waals surface area contributed by atoms with Crippen LogP contribution in [0.3, 0.4) is 0 Å². The Morgan fingerprint density at radius 2 is 1.92 bits per heavy atom. The van der Waals surface area contributed by atoms with E-state index in [0.29, 0.717) is 6.54 Å². The predicted molar refractivity (Wildman–Crippen MR) is 92.6 cm³/mol. The molecule has 2 amide bonds. The third-order valence-electron chi connectivity index (χ3n) is 4.44. The highest BCUT2D eigenvalue weighted by atomic mass is 19.1. The number of carbonyl (C=O) groups excluding carboxylic acids is 2. The lowest BCUT2D eigenvalue weighted by Gasteiger charge is -2.18. The molecule has 130 valence electrons. The van der Waals surface area contributed by atoms with E-state index < -0.39 is 17.8 Å². The van der Waals surface area contributed by atoms with Gasteiger partial charge in [0.1, 0.15) is 11.7 Å². The van der Waals surface area contributed by atoms with Crippen molar-refractivity contribution in [1.82, 2.24) is 9.88 Å². The Balaban J connectivity index is 1.90. The molecule has 3 rings (SSSR count). The van der Waals surface area contributed by atoms with Gasteiger partial charge in [-0.3, -0.25) is 9.59 Å². The first-order valence-electron chi connectivity index (χ1n) is 8.12. The molecule has 6 heteroatoms. The molecule has 1 fully saturated rings. The number of hydrogen-bond acceptors (Lipinski definition) is 3. The normalized spacial score (nSPS) is 20.0. The molecule has 2 atom stereocenters. The summed E-state index contributed by atoms with van der Waals surface area (Å²) < 4.78 is 13.2. The number of nitrogens with one attached hydrogen (secondary N) is 1. The van der Waals surface area contributed by atoms with Gasteiger partial charge in [-0.15, -0.1) is 0 Å². The van der Waals surface area contributed by atoms with E-state index in [9.17, 15) is 14.0 Å². The van der Waals surface area contributed by atoms with Crippen LogP contribution in [0.4, 0.5) is 10.2 Å². The van der Waals surface area contributed by atoms with Crippen LogP contribution in [0, 0.1) is 25.7 Å². The number of anilines is 1. The number of benzene rings is 1. The molecule has 1 aromatic carbocycles. The maximum absolute atomic E-state index is 13.2. The summed E-state index contributed by atoms with van der Waals surface area (Å²) in [5.74, 6) is -2.37.